The third kappa shape index (κ3) is 2.42. The van der Waals surface area contributed by atoms with E-state index in [1.54, 1.807) is 26.2 Å². The Balaban J connectivity index is 2.48. The van der Waals surface area contributed by atoms with Gasteiger partial charge in [-0.3, -0.25) is 4.79 Å². The van der Waals surface area contributed by atoms with E-state index in [1.165, 1.54) is 0 Å². The van der Waals surface area contributed by atoms with Gasteiger partial charge in [0.05, 0.1) is 20.3 Å². The number of benzene rings is 1. The van der Waals surface area contributed by atoms with Crippen molar-refractivity contribution in [3.63, 3.8) is 0 Å². The maximum atomic E-state index is 11.7. The number of nitrogens with zero attached hydrogens (tertiary/aromatic N) is 1. The number of likely N-dealkylation sites (N-methyl/N-ethyl adjacent to an activating group) is 1. The molecule has 0 aliphatic carbocycles. The molecule has 0 radical (unpaired) electrons. The van der Waals surface area contributed by atoms with Crippen molar-refractivity contribution in [1.29, 1.82) is 0 Å². The number of hydrogen-bond acceptors (Lipinski definition) is 4. The molecule has 104 valence electrons. The molecule has 6 heteroatoms. The summed E-state index contributed by atoms with van der Waals surface area (Å²) in [6, 6.07) is 3.33. The van der Waals surface area contributed by atoms with Gasteiger partial charge in [-0.2, -0.15) is 0 Å². The summed E-state index contributed by atoms with van der Waals surface area (Å²) in [5, 5.41) is 0. The molecule has 19 heavy (non-hydrogen) atoms. The molecule has 1 aliphatic rings. The maximum absolute atomic E-state index is 11.7. The van der Waals surface area contributed by atoms with Crippen LogP contribution in [0.5, 0.6) is 11.5 Å². The summed E-state index contributed by atoms with van der Waals surface area (Å²) in [5.41, 5.74) is 7.00. The summed E-state index contributed by atoms with van der Waals surface area (Å²) < 4.78 is 11.4. The number of nitrogens with two attached hydrogens (primary N) is 1. The third-order valence-corrected chi connectivity index (χ3v) is 4.13. The van der Waals surface area contributed by atoms with Crippen molar-refractivity contribution in [3.8, 4) is 11.5 Å². The number of carbonyl (C=O) groups is 1. The molecule has 0 aromatic heterocycles. The van der Waals surface area contributed by atoms with Gasteiger partial charge in [-0.15, -0.1) is 0 Å². The average Bonchev–Trinajstić information content (AvgIpc) is 2.63. The molecule has 1 saturated heterocycles. The number of likely N-dealkylation sites (tertiary alicyclic amines) is 1. The van der Waals surface area contributed by atoms with Crippen LogP contribution in [0.2, 0.25) is 0 Å². The highest BCUT2D eigenvalue weighted by Gasteiger charge is 2.37. The highest BCUT2D eigenvalue weighted by Crippen LogP contribution is 2.40. The van der Waals surface area contributed by atoms with Crippen molar-refractivity contribution in [3.05, 3.63) is 22.2 Å². The number of methoxy groups -OCH3 is 2. The lowest BCUT2D eigenvalue weighted by Gasteiger charge is -2.25. The quantitative estimate of drug-likeness (QED) is 0.917. The van der Waals surface area contributed by atoms with Crippen molar-refractivity contribution >= 4 is 21.8 Å². The number of ether oxygens (including phenoxy) is 2. The summed E-state index contributed by atoms with van der Waals surface area (Å²) in [4.78, 5) is 13.4. The highest BCUT2D eigenvalue weighted by molar-refractivity contribution is 9.10. The molecular weight excluding hydrogens is 312 g/mol. The summed E-state index contributed by atoms with van der Waals surface area (Å²) >= 11 is 3.51. The summed E-state index contributed by atoms with van der Waals surface area (Å²) in [6.07, 6.45) is 0.363. The van der Waals surface area contributed by atoms with E-state index in [-0.39, 0.29) is 18.0 Å². The topological polar surface area (TPSA) is 64.8 Å². The average molecular weight is 329 g/mol. The van der Waals surface area contributed by atoms with Crippen LogP contribution in [0.25, 0.3) is 0 Å². The predicted molar refractivity (Wildman–Crippen MR) is 75.3 cm³/mol. The molecule has 1 aromatic carbocycles. The van der Waals surface area contributed by atoms with E-state index in [4.69, 9.17) is 15.2 Å². The van der Waals surface area contributed by atoms with E-state index in [1.807, 2.05) is 12.1 Å². The fourth-order valence-corrected chi connectivity index (χ4v) is 2.99. The lowest BCUT2D eigenvalue weighted by Crippen LogP contribution is -2.30. The molecule has 0 bridgehead atoms. The molecule has 1 aromatic rings. The van der Waals surface area contributed by atoms with E-state index < -0.39 is 0 Å². The monoisotopic (exact) mass is 328 g/mol. The Labute approximate surface area is 120 Å². The lowest BCUT2D eigenvalue weighted by molar-refractivity contribution is -0.127. The predicted octanol–water partition coefficient (Wildman–Crippen LogP) is 1.70. The summed E-state index contributed by atoms with van der Waals surface area (Å²) in [5.74, 6) is 1.32. The zero-order valence-electron chi connectivity index (χ0n) is 11.1. The van der Waals surface area contributed by atoms with Crippen molar-refractivity contribution in [2.24, 2.45) is 5.73 Å². The molecule has 5 nitrogen and oxygen atoms in total. The van der Waals surface area contributed by atoms with E-state index in [2.05, 4.69) is 15.9 Å². The van der Waals surface area contributed by atoms with Crippen LogP contribution >= 0.6 is 15.9 Å². The molecule has 1 heterocycles. The Kier molecular flexibility index (Phi) is 4.01. The van der Waals surface area contributed by atoms with Gasteiger partial charge in [-0.1, -0.05) is 15.9 Å². The second-order valence-electron chi connectivity index (χ2n) is 4.55. The number of amides is 1. The first kappa shape index (κ1) is 14.1. The minimum Gasteiger partial charge on any atom is -0.493 e. The van der Waals surface area contributed by atoms with Gasteiger partial charge in [0.2, 0.25) is 5.91 Å². The van der Waals surface area contributed by atoms with Gasteiger partial charge >= 0.3 is 0 Å². The lowest BCUT2D eigenvalue weighted by atomic mass is 10.0. The second-order valence-corrected chi connectivity index (χ2v) is 5.40. The molecule has 2 N–H and O–H groups in total. The van der Waals surface area contributed by atoms with Crippen LogP contribution in [0, 0.1) is 0 Å². The number of hydrogen-bond donors (Lipinski definition) is 1. The molecule has 0 saturated carbocycles. The largest absolute Gasteiger partial charge is 0.493 e. The van der Waals surface area contributed by atoms with Crippen molar-refractivity contribution < 1.29 is 14.3 Å². The Bertz CT molecular complexity index is 507. The van der Waals surface area contributed by atoms with E-state index in [0.29, 0.717) is 17.9 Å². The standard InChI is InChI=1S/C13H17BrN2O3/c1-16-12(17)6-9(15)13(16)7-4-10(18-2)11(19-3)5-8(7)14/h4-5,9,13H,6,15H2,1-3H3. The summed E-state index contributed by atoms with van der Waals surface area (Å²) in [7, 11) is 4.93. The van der Waals surface area contributed by atoms with Gasteiger partial charge in [-0.05, 0) is 17.7 Å². The van der Waals surface area contributed by atoms with Crippen LogP contribution in [-0.2, 0) is 4.79 Å². The van der Waals surface area contributed by atoms with Crippen molar-refractivity contribution in [2.45, 2.75) is 18.5 Å². The Hall–Kier alpha value is -1.27. The molecule has 1 fully saturated rings. The van der Waals surface area contributed by atoms with Crippen molar-refractivity contribution in [2.75, 3.05) is 21.3 Å². The SMILES string of the molecule is COc1cc(Br)c(C2C(N)CC(=O)N2C)cc1OC. The molecule has 1 aliphatic heterocycles. The van der Waals surface area contributed by atoms with Crippen LogP contribution in [-0.4, -0.2) is 38.1 Å². The maximum Gasteiger partial charge on any atom is 0.224 e. The molecule has 1 amide bonds. The van der Waals surface area contributed by atoms with Gasteiger partial charge in [0.15, 0.2) is 11.5 Å². The van der Waals surface area contributed by atoms with E-state index in [0.717, 1.165) is 10.0 Å². The second kappa shape index (κ2) is 5.38. The number of carbonyl (C=O) groups excluding carboxylic acids is 1. The number of rotatable bonds is 3. The Morgan fingerprint density at radius 3 is 2.37 bits per heavy atom. The molecular formula is C13H17BrN2O3. The molecule has 0 spiro atoms. The van der Waals surface area contributed by atoms with Gasteiger partial charge in [0, 0.05) is 24.0 Å². The summed E-state index contributed by atoms with van der Waals surface area (Å²) in [6.45, 7) is 0. The minimum absolute atomic E-state index is 0.0548. The molecule has 2 unspecified atom stereocenters. The Morgan fingerprint density at radius 1 is 1.32 bits per heavy atom. The highest BCUT2D eigenvalue weighted by atomic mass is 79.9. The fraction of sp³-hybridized carbons (Fsp3) is 0.462. The van der Waals surface area contributed by atoms with Crippen LogP contribution in [0.4, 0.5) is 0 Å². The van der Waals surface area contributed by atoms with Crippen molar-refractivity contribution in [1.82, 2.24) is 4.90 Å². The van der Waals surface area contributed by atoms with Crippen LogP contribution in [0.3, 0.4) is 0 Å². The van der Waals surface area contributed by atoms with E-state index in [9.17, 15) is 4.79 Å². The first-order valence-electron chi connectivity index (χ1n) is 5.92. The van der Waals surface area contributed by atoms with Crippen LogP contribution < -0.4 is 15.2 Å². The third-order valence-electron chi connectivity index (χ3n) is 3.45. The van der Waals surface area contributed by atoms with Gasteiger partial charge in [0.25, 0.3) is 0 Å². The van der Waals surface area contributed by atoms with Gasteiger partial charge < -0.3 is 20.1 Å². The van der Waals surface area contributed by atoms with Gasteiger partial charge in [-0.25, -0.2) is 0 Å². The normalized spacial score (nSPS) is 22.8. The zero-order valence-corrected chi connectivity index (χ0v) is 12.7. The Morgan fingerprint density at radius 2 is 1.89 bits per heavy atom. The molecule has 2 atom stereocenters. The van der Waals surface area contributed by atoms with Crippen LogP contribution in [0.15, 0.2) is 16.6 Å². The smallest absolute Gasteiger partial charge is 0.224 e. The zero-order chi connectivity index (χ0) is 14.2. The van der Waals surface area contributed by atoms with Gasteiger partial charge in [0.1, 0.15) is 0 Å². The first-order chi connectivity index (χ1) is 8.99. The first-order valence-corrected chi connectivity index (χ1v) is 6.71. The minimum atomic E-state index is -0.216. The molecule has 2 rings (SSSR count). The van der Waals surface area contributed by atoms with Crippen LogP contribution in [0.1, 0.15) is 18.0 Å². The number of halogens is 1. The van der Waals surface area contributed by atoms with E-state index >= 15 is 0 Å². The fourth-order valence-electron chi connectivity index (χ4n) is 2.44.